The molecule has 0 radical (unpaired) electrons. The van der Waals surface area contributed by atoms with Crippen molar-refractivity contribution < 1.29 is 9.53 Å². The fourth-order valence-electron chi connectivity index (χ4n) is 2.62. The average Bonchev–Trinajstić information content (AvgIpc) is 2.72. The lowest BCUT2D eigenvalue weighted by molar-refractivity contribution is -0.112. The molecule has 0 aliphatic rings. The molecule has 0 bridgehead atoms. The van der Waals surface area contributed by atoms with Crippen LogP contribution >= 0.6 is 66.1 Å². The van der Waals surface area contributed by atoms with E-state index in [0.29, 0.717) is 28.6 Å². The van der Waals surface area contributed by atoms with E-state index in [-0.39, 0.29) is 5.57 Å². The zero-order chi connectivity index (χ0) is 22.4. The first-order chi connectivity index (χ1) is 14.9. The van der Waals surface area contributed by atoms with E-state index in [1.807, 2.05) is 48.5 Å². The minimum absolute atomic E-state index is 0.00231. The molecule has 8 heteroatoms. The van der Waals surface area contributed by atoms with E-state index in [4.69, 9.17) is 16.3 Å². The molecule has 0 atom stereocenters. The summed E-state index contributed by atoms with van der Waals surface area (Å²) in [4.78, 5) is 12.5. The Morgan fingerprint density at radius 1 is 1.16 bits per heavy atom. The minimum Gasteiger partial charge on any atom is -0.487 e. The standard InChI is InChI=1S/C23H14Br2ClIN2O2/c24-17-2-1-3-19(11-17)29-23(30)16(12-28)8-15-9-20(25)22(21(27)10-15)31-13-14-4-6-18(26)7-5-14/h1-11H,13H2,(H,29,30)/b16-8-. The molecule has 3 aromatic rings. The number of benzene rings is 3. The van der Waals surface area contributed by atoms with Gasteiger partial charge in [0.05, 0.1) is 8.04 Å². The van der Waals surface area contributed by atoms with Crippen LogP contribution in [0.1, 0.15) is 11.1 Å². The second-order valence-corrected chi connectivity index (χ2v) is 9.73. The molecule has 156 valence electrons. The van der Waals surface area contributed by atoms with E-state index in [1.165, 1.54) is 0 Å². The van der Waals surface area contributed by atoms with Crippen LogP contribution in [0.4, 0.5) is 5.69 Å². The molecule has 1 amide bonds. The molecule has 3 aromatic carbocycles. The van der Waals surface area contributed by atoms with Crippen molar-refractivity contribution in [1.29, 1.82) is 5.26 Å². The second kappa shape index (κ2) is 11.1. The zero-order valence-corrected chi connectivity index (χ0v) is 21.9. The Labute approximate surface area is 215 Å². The number of nitrogens with one attached hydrogen (secondary N) is 1. The monoisotopic (exact) mass is 670 g/mol. The van der Waals surface area contributed by atoms with Crippen molar-refractivity contribution >= 4 is 83.7 Å². The number of hydrogen-bond acceptors (Lipinski definition) is 3. The quantitative estimate of drug-likeness (QED) is 0.167. The number of halogens is 4. The van der Waals surface area contributed by atoms with Crippen molar-refractivity contribution in [1.82, 2.24) is 0 Å². The molecule has 0 saturated carbocycles. The van der Waals surface area contributed by atoms with Crippen LogP contribution in [0.2, 0.25) is 5.02 Å². The maximum absolute atomic E-state index is 12.5. The van der Waals surface area contributed by atoms with Crippen molar-refractivity contribution in [2.75, 3.05) is 5.32 Å². The second-order valence-electron chi connectivity index (χ2n) is 6.36. The predicted octanol–water partition coefficient (Wildman–Crippen LogP) is 7.59. The summed E-state index contributed by atoms with van der Waals surface area (Å²) in [5.41, 5.74) is 2.29. The van der Waals surface area contributed by atoms with E-state index >= 15 is 0 Å². The summed E-state index contributed by atoms with van der Waals surface area (Å²) >= 11 is 15.0. The van der Waals surface area contributed by atoms with Crippen molar-refractivity contribution in [2.45, 2.75) is 6.61 Å². The average molecular weight is 673 g/mol. The molecule has 4 nitrogen and oxygen atoms in total. The largest absolute Gasteiger partial charge is 0.487 e. The van der Waals surface area contributed by atoms with Crippen LogP contribution in [-0.2, 0) is 11.4 Å². The Hall–Kier alpha value is -1.86. The lowest BCUT2D eigenvalue weighted by Crippen LogP contribution is -2.13. The van der Waals surface area contributed by atoms with Gasteiger partial charge < -0.3 is 10.1 Å². The summed E-state index contributed by atoms with van der Waals surface area (Å²) in [6.45, 7) is 0.388. The van der Waals surface area contributed by atoms with Crippen LogP contribution < -0.4 is 10.1 Å². The number of carbonyl (C=O) groups excluding carboxylic acids is 1. The van der Waals surface area contributed by atoms with E-state index in [0.717, 1.165) is 18.1 Å². The maximum atomic E-state index is 12.5. The number of rotatable bonds is 6. The molecule has 0 unspecified atom stereocenters. The fraction of sp³-hybridized carbons (Fsp3) is 0.0435. The normalized spacial score (nSPS) is 11.0. The highest BCUT2D eigenvalue weighted by atomic mass is 127. The number of nitriles is 1. The van der Waals surface area contributed by atoms with Gasteiger partial charge in [-0.2, -0.15) is 5.26 Å². The van der Waals surface area contributed by atoms with Crippen molar-refractivity contribution in [2.24, 2.45) is 0 Å². The number of anilines is 1. The van der Waals surface area contributed by atoms with Gasteiger partial charge >= 0.3 is 0 Å². The Balaban J connectivity index is 1.76. The van der Waals surface area contributed by atoms with Crippen LogP contribution in [0.5, 0.6) is 5.75 Å². The molecule has 0 aliphatic carbocycles. The molecular formula is C23H14Br2ClIN2O2. The van der Waals surface area contributed by atoms with Gasteiger partial charge in [-0.1, -0.05) is 45.7 Å². The number of amides is 1. The Morgan fingerprint density at radius 3 is 2.55 bits per heavy atom. The van der Waals surface area contributed by atoms with Crippen LogP contribution in [0.3, 0.4) is 0 Å². The fourth-order valence-corrected chi connectivity index (χ4v) is 4.91. The van der Waals surface area contributed by atoms with Crippen LogP contribution in [-0.4, -0.2) is 5.91 Å². The number of nitrogens with zero attached hydrogens (tertiary/aromatic N) is 1. The number of carbonyl (C=O) groups is 1. The molecule has 1 N–H and O–H groups in total. The molecule has 0 heterocycles. The zero-order valence-electron chi connectivity index (χ0n) is 15.8. The first kappa shape index (κ1) is 23.8. The van der Waals surface area contributed by atoms with Crippen LogP contribution in [0, 0.1) is 14.9 Å². The third-order valence-corrected chi connectivity index (χ3v) is 6.21. The molecule has 0 spiro atoms. The van der Waals surface area contributed by atoms with Gasteiger partial charge in [0.25, 0.3) is 5.91 Å². The number of hydrogen-bond donors (Lipinski definition) is 1. The Kier molecular flexibility index (Phi) is 8.55. The Bertz CT molecular complexity index is 1170. The van der Waals surface area contributed by atoms with Gasteiger partial charge in [-0.3, -0.25) is 4.79 Å². The Morgan fingerprint density at radius 2 is 1.90 bits per heavy atom. The topological polar surface area (TPSA) is 62.1 Å². The third-order valence-electron chi connectivity index (χ3n) is 4.08. The van der Waals surface area contributed by atoms with Gasteiger partial charge in [0.1, 0.15) is 24.0 Å². The van der Waals surface area contributed by atoms with Gasteiger partial charge in [-0.15, -0.1) is 0 Å². The maximum Gasteiger partial charge on any atom is 0.266 e. The van der Waals surface area contributed by atoms with Crippen molar-refractivity contribution in [3.63, 3.8) is 0 Å². The first-order valence-electron chi connectivity index (χ1n) is 8.90. The summed E-state index contributed by atoms with van der Waals surface area (Å²) in [7, 11) is 0. The summed E-state index contributed by atoms with van der Waals surface area (Å²) < 4.78 is 8.35. The van der Waals surface area contributed by atoms with Crippen LogP contribution in [0.15, 0.2) is 75.2 Å². The van der Waals surface area contributed by atoms with E-state index in [2.05, 4.69) is 59.8 Å². The minimum atomic E-state index is -0.477. The molecule has 0 fully saturated rings. The summed E-state index contributed by atoms with van der Waals surface area (Å²) in [6.07, 6.45) is 1.54. The van der Waals surface area contributed by atoms with Gasteiger partial charge in [0.2, 0.25) is 0 Å². The predicted molar refractivity (Wildman–Crippen MR) is 139 cm³/mol. The van der Waals surface area contributed by atoms with Crippen molar-refractivity contribution in [3.05, 3.63) is 94.9 Å². The summed E-state index contributed by atoms with van der Waals surface area (Å²) in [5, 5.41) is 12.9. The molecule has 3 rings (SSSR count). The highest BCUT2D eigenvalue weighted by Gasteiger charge is 2.13. The smallest absolute Gasteiger partial charge is 0.266 e. The molecule has 0 aromatic heterocycles. The van der Waals surface area contributed by atoms with Gasteiger partial charge in [-0.05, 0) is 98.2 Å². The summed E-state index contributed by atoms with van der Waals surface area (Å²) in [5.74, 6) is 0.208. The molecule has 0 saturated heterocycles. The number of ether oxygens (including phenoxy) is 1. The third kappa shape index (κ3) is 6.81. The SMILES string of the molecule is N#C/C(=C/c1cc(Br)c(OCc2ccc(Cl)cc2)c(I)c1)C(=O)Nc1cccc(Br)c1. The highest BCUT2D eigenvalue weighted by molar-refractivity contribution is 14.1. The van der Waals surface area contributed by atoms with Crippen molar-refractivity contribution in [3.8, 4) is 11.8 Å². The highest BCUT2D eigenvalue weighted by Crippen LogP contribution is 2.33. The van der Waals surface area contributed by atoms with Gasteiger partial charge in [-0.25, -0.2) is 0 Å². The lowest BCUT2D eigenvalue weighted by atomic mass is 10.1. The van der Waals surface area contributed by atoms with Gasteiger partial charge in [0.15, 0.2) is 0 Å². The van der Waals surface area contributed by atoms with Crippen LogP contribution in [0.25, 0.3) is 6.08 Å². The first-order valence-corrected chi connectivity index (χ1v) is 11.9. The molecule has 0 aliphatic heterocycles. The lowest BCUT2D eigenvalue weighted by Gasteiger charge is -2.12. The summed E-state index contributed by atoms with van der Waals surface area (Å²) in [6, 6.07) is 20.2. The van der Waals surface area contributed by atoms with E-state index in [1.54, 1.807) is 24.3 Å². The molecular weight excluding hydrogens is 658 g/mol. The molecule has 31 heavy (non-hydrogen) atoms. The van der Waals surface area contributed by atoms with E-state index in [9.17, 15) is 10.1 Å². The van der Waals surface area contributed by atoms with E-state index < -0.39 is 5.91 Å². The van der Waals surface area contributed by atoms with Gasteiger partial charge in [0, 0.05) is 15.2 Å².